The highest BCUT2D eigenvalue weighted by Crippen LogP contribution is 2.39. The largest absolute Gasteiger partial charge is 0.509 e. The molecule has 1 aliphatic heterocycles. The van der Waals surface area contributed by atoms with Crippen LogP contribution in [-0.2, 0) is 64.0 Å². The Hall–Kier alpha value is -4.90. The average Bonchev–Trinajstić information content (AvgIpc) is 3.66. The van der Waals surface area contributed by atoms with Gasteiger partial charge in [0.2, 0.25) is 15.3 Å². The molecule has 3 heterocycles. The van der Waals surface area contributed by atoms with Gasteiger partial charge in [-0.25, -0.2) is 37.0 Å². The first-order valence-electron chi connectivity index (χ1n) is 19.4. The van der Waals surface area contributed by atoms with Gasteiger partial charge in [-0.05, 0) is 105 Å². The summed E-state index contributed by atoms with van der Waals surface area (Å²) in [6.07, 6.45) is -8.03. The number of nitrogens with one attached hydrogen (secondary N) is 1. The quantitative estimate of drug-likeness (QED) is 0.0605. The number of anilines is 2. The Bertz CT molecular complexity index is 2190. The van der Waals surface area contributed by atoms with Gasteiger partial charge >= 0.3 is 24.2 Å². The monoisotopic (exact) mass is 916 g/mol. The predicted molar refractivity (Wildman–Crippen MR) is 220 cm³/mol. The molecule has 1 saturated heterocycles. The molecule has 4 atom stereocenters. The van der Waals surface area contributed by atoms with Gasteiger partial charge in [0.05, 0.1) is 38.0 Å². The van der Waals surface area contributed by atoms with Crippen molar-refractivity contribution >= 4 is 68.5 Å². The number of hydroxylamine groups is 1. The molecule has 344 valence electrons. The maximum Gasteiger partial charge on any atom is 0.509 e. The predicted octanol–water partition coefficient (Wildman–Crippen LogP) is 6.00. The molecule has 62 heavy (non-hydrogen) atoms. The Labute approximate surface area is 364 Å². The fourth-order valence-electron chi connectivity index (χ4n) is 5.83. The summed E-state index contributed by atoms with van der Waals surface area (Å²) in [5.74, 6) is -2.59. The van der Waals surface area contributed by atoms with Gasteiger partial charge in [0, 0.05) is 12.1 Å². The van der Waals surface area contributed by atoms with Crippen LogP contribution in [0, 0.1) is 0 Å². The van der Waals surface area contributed by atoms with E-state index in [1.54, 1.807) is 62.3 Å². The minimum absolute atomic E-state index is 0.106. The number of sulfonamides is 1. The van der Waals surface area contributed by atoms with E-state index >= 15 is 4.39 Å². The van der Waals surface area contributed by atoms with Crippen molar-refractivity contribution in [1.29, 1.82) is 0 Å². The van der Waals surface area contributed by atoms with E-state index in [-0.39, 0.29) is 35.9 Å². The number of ether oxygens (including phenoxy) is 7. The van der Waals surface area contributed by atoms with Crippen LogP contribution in [0.3, 0.4) is 0 Å². The highest BCUT2D eigenvalue weighted by Gasteiger charge is 2.55. The number of benzene rings is 1. The maximum atomic E-state index is 17.0. The van der Waals surface area contributed by atoms with Crippen LogP contribution in [0.15, 0.2) is 30.6 Å². The van der Waals surface area contributed by atoms with Crippen molar-refractivity contribution < 1.29 is 70.0 Å². The van der Waals surface area contributed by atoms with Gasteiger partial charge in [0.15, 0.2) is 35.5 Å². The molecule has 1 fully saturated rings. The van der Waals surface area contributed by atoms with Crippen molar-refractivity contribution in [2.24, 2.45) is 0 Å². The van der Waals surface area contributed by atoms with Crippen molar-refractivity contribution in [2.75, 3.05) is 35.9 Å². The fourth-order valence-corrected chi connectivity index (χ4v) is 6.56. The average molecular weight is 917 g/mol. The van der Waals surface area contributed by atoms with Gasteiger partial charge < -0.3 is 33.2 Å². The molecule has 0 saturated carbocycles. The lowest BCUT2D eigenvalue weighted by Crippen LogP contribution is -2.54. The molecule has 0 unspecified atom stereocenters. The molecule has 0 radical (unpaired) electrons. The number of aromatic nitrogens is 4. The van der Waals surface area contributed by atoms with Crippen LogP contribution in [0.1, 0.15) is 88.0 Å². The van der Waals surface area contributed by atoms with E-state index in [1.807, 2.05) is 0 Å². The van der Waals surface area contributed by atoms with Crippen molar-refractivity contribution in [2.45, 2.75) is 130 Å². The molecular weight excluding hydrogens is 863 g/mol. The van der Waals surface area contributed by atoms with E-state index in [2.05, 4.69) is 19.7 Å². The molecule has 1 amide bonds. The number of fused-ring (bicyclic) bond motifs is 1. The number of rotatable bonds is 15. The molecule has 1 N–H and O–H groups in total. The first kappa shape index (κ1) is 49.8. The van der Waals surface area contributed by atoms with Crippen LogP contribution < -0.4 is 9.79 Å². The van der Waals surface area contributed by atoms with Crippen molar-refractivity contribution in [3.63, 3.8) is 0 Å². The SMILES string of the molecule is CCOC(=O)C(Cc1ccc(NS(C)(=O)=O)cc1)(OC[C@H]1O[C@@H](n2cnc3c(N(OC(C)(C)C)C(=O)OC(C)(C)C)nc(Cl)nc32)[C@@H](F)[C@@H]1OC(=O)OC(C)(C)C)C(=O)OCC. The van der Waals surface area contributed by atoms with Crippen molar-refractivity contribution in [3.8, 4) is 0 Å². The topological polar surface area (TPSA) is 235 Å². The van der Waals surface area contributed by atoms with E-state index in [1.165, 1.54) is 38.1 Å². The maximum absolute atomic E-state index is 17.0. The van der Waals surface area contributed by atoms with E-state index in [4.69, 9.17) is 49.6 Å². The zero-order chi connectivity index (χ0) is 46.6. The van der Waals surface area contributed by atoms with Gasteiger partial charge in [0.1, 0.15) is 17.3 Å². The van der Waals surface area contributed by atoms with Gasteiger partial charge in [-0.1, -0.05) is 12.1 Å². The molecule has 1 aliphatic rings. The number of carbonyl (C=O) groups is 4. The third-order valence-electron chi connectivity index (χ3n) is 8.07. The second-order valence-electron chi connectivity index (χ2n) is 17.0. The number of carbonyl (C=O) groups excluding carboxylic acids is 4. The van der Waals surface area contributed by atoms with E-state index in [9.17, 15) is 27.6 Å². The fraction of sp³-hybridized carbons (Fsp3) is 0.615. The number of esters is 2. The minimum atomic E-state index is -3.63. The molecule has 23 heteroatoms. The third-order valence-corrected chi connectivity index (χ3v) is 8.85. The number of hydrogen-bond acceptors (Lipinski definition) is 17. The summed E-state index contributed by atoms with van der Waals surface area (Å²) in [7, 11) is -3.63. The lowest BCUT2D eigenvalue weighted by atomic mass is 9.93. The first-order chi connectivity index (χ1) is 28.6. The molecule has 3 aromatic rings. The Morgan fingerprint density at radius 1 is 0.903 bits per heavy atom. The van der Waals surface area contributed by atoms with Gasteiger partial charge in [-0.15, -0.1) is 5.06 Å². The molecule has 4 rings (SSSR count). The number of alkyl halides is 1. The first-order valence-corrected chi connectivity index (χ1v) is 21.7. The van der Waals surface area contributed by atoms with Crippen molar-refractivity contribution in [1.82, 2.24) is 19.5 Å². The Kier molecular flexibility index (Phi) is 15.4. The van der Waals surface area contributed by atoms with Crippen LogP contribution in [0.4, 0.5) is 25.5 Å². The zero-order valence-corrected chi connectivity index (χ0v) is 38.2. The van der Waals surface area contributed by atoms with Gasteiger partial charge in [-0.3, -0.25) is 14.1 Å². The Balaban J connectivity index is 1.81. The van der Waals surface area contributed by atoms with Crippen LogP contribution in [0.25, 0.3) is 11.2 Å². The lowest BCUT2D eigenvalue weighted by molar-refractivity contribution is -0.197. The Morgan fingerprint density at radius 2 is 1.48 bits per heavy atom. The summed E-state index contributed by atoms with van der Waals surface area (Å²) in [6, 6.07) is 5.69. The number of halogens is 2. The van der Waals surface area contributed by atoms with Crippen LogP contribution in [-0.4, -0.2) is 119 Å². The summed E-state index contributed by atoms with van der Waals surface area (Å²) in [4.78, 5) is 72.9. The standard InChI is InChI=1S/C39H54ClFN6O14S/c1-13-54-31(48)39(32(49)55-14-2,19-22-15-17-23(18-16-22)45-62(12,52)53)56-20-24-27(58-35(51)60-37(6,7)8)25(41)30(57-24)46-21-42-26-28(46)43-33(40)44-29(26)47(61-38(9,10)11)34(50)59-36(3,4)5/h15-18,21,24-25,27,30,45H,13-14,19-20H2,1-12H3/t24-,25+,27-,30-/m1/s1. The molecule has 0 spiro atoms. The Morgan fingerprint density at radius 3 is 2.00 bits per heavy atom. The van der Waals surface area contributed by atoms with Crippen LogP contribution in [0.5, 0.6) is 0 Å². The normalized spacial score (nSPS) is 18.5. The van der Waals surface area contributed by atoms with Crippen LogP contribution in [0.2, 0.25) is 5.28 Å². The highest BCUT2D eigenvalue weighted by molar-refractivity contribution is 7.92. The summed E-state index contributed by atoms with van der Waals surface area (Å²) in [6.45, 7) is 16.5. The second kappa shape index (κ2) is 19.2. The third kappa shape index (κ3) is 13.1. The van der Waals surface area contributed by atoms with Crippen molar-refractivity contribution in [3.05, 3.63) is 41.4 Å². The molecule has 2 aromatic heterocycles. The number of hydrogen-bond donors (Lipinski definition) is 1. The minimum Gasteiger partial charge on any atom is -0.463 e. The number of amides is 1. The highest BCUT2D eigenvalue weighted by atomic mass is 35.5. The summed E-state index contributed by atoms with van der Waals surface area (Å²) in [5.41, 5.74) is -5.33. The van der Waals surface area contributed by atoms with E-state index in [0.29, 0.717) is 5.56 Å². The number of nitrogens with zero attached hydrogens (tertiary/aromatic N) is 5. The molecule has 20 nitrogen and oxygen atoms in total. The smallest absolute Gasteiger partial charge is 0.463 e. The molecular formula is C39H54ClFN6O14S. The summed E-state index contributed by atoms with van der Waals surface area (Å²) >= 11 is 6.39. The van der Waals surface area contributed by atoms with Gasteiger partial charge in [0.25, 0.3) is 5.60 Å². The molecule has 0 bridgehead atoms. The van der Waals surface area contributed by atoms with E-state index in [0.717, 1.165) is 22.2 Å². The second-order valence-corrected chi connectivity index (χ2v) is 19.1. The van der Waals surface area contributed by atoms with Crippen LogP contribution >= 0.6 is 11.6 Å². The zero-order valence-electron chi connectivity index (χ0n) is 36.6. The van der Waals surface area contributed by atoms with E-state index < -0.39 is 99.5 Å². The number of imidazole rings is 1. The summed E-state index contributed by atoms with van der Waals surface area (Å²) < 4.78 is 83.3. The summed E-state index contributed by atoms with van der Waals surface area (Å²) in [5, 5.41) is 0.343. The molecule has 0 aliphatic carbocycles. The lowest BCUT2D eigenvalue weighted by Gasteiger charge is -2.31. The molecule has 1 aromatic carbocycles. The van der Waals surface area contributed by atoms with Gasteiger partial charge in [-0.2, -0.15) is 9.97 Å².